The van der Waals surface area contributed by atoms with Crippen LogP contribution in [0.4, 0.5) is 0 Å². The lowest BCUT2D eigenvalue weighted by molar-refractivity contribution is -0.133. The molecule has 0 bridgehead atoms. The molecular formula is C83H164O2. The van der Waals surface area contributed by atoms with Crippen molar-refractivity contribution in [2.45, 2.75) is 508 Å². The molecule has 0 atom stereocenters. The van der Waals surface area contributed by atoms with E-state index in [2.05, 4.69) is 6.58 Å². The lowest BCUT2D eigenvalue weighted by Gasteiger charge is -2.10. The first-order valence-electron chi connectivity index (χ1n) is 41.1. The lowest BCUT2D eigenvalue weighted by atomic mass is 9.95. The van der Waals surface area contributed by atoms with Gasteiger partial charge in [0.05, 0.1) is 0 Å². The average molecular weight is 1190 g/mol. The minimum absolute atomic E-state index is 0.150. The standard InChI is InChI=1S/5C15H30.C8H14O2/c5*1-2-4-6-8-10-12-14-15-13-11-9-7-5-3-1;1-4-7(5-2)6(3)8(9)10/h5*1-15H2;7H,3-5H2,1-2H3,(H,9,10). The van der Waals surface area contributed by atoms with Crippen molar-refractivity contribution in [3.05, 3.63) is 12.2 Å². The number of carboxylic acid groups (broad SMARTS) is 1. The molecule has 0 unspecified atom stereocenters. The number of aliphatic carboxylic acids is 1. The van der Waals surface area contributed by atoms with E-state index in [0.29, 0.717) is 5.57 Å². The van der Waals surface area contributed by atoms with E-state index in [1.54, 1.807) is 0 Å². The number of carboxylic acids is 1. The van der Waals surface area contributed by atoms with Crippen LogP contribution in [0.5, 0.6) is 0 Å². The molecule has 5 aliphatic carbocycles. The van der Waals surface area contributed by atoms with Crippen LogP contribution in [0.1, 0.15) is 508 Å². The van der Waals surface area contributed by atoms with Gasteiger partial charge in [-0.1, -0.05) is 502 Å². The Morgan fingerprint density at radius 3 is 0.282 bits per heavy atom. The SMILES string of the molecule is C1CCCCCCCCCCCCCC1.C1CCCCCCCCCCCCCC1.C1CCCCCCCCCCCCCC1.C1CCCCCCCCCCCCCC1.C1CCCCCCCCCCCCCC1.C=C(C(=O)O)C(CC)CC. The molecular weight excluding hydrogens is 1030 g/mol. The number of rotatable bonds is 4. The van der Waals surface area contributed by atoms with Crippen LogP contribution in [0.25, 0.3) is 0 Å². The largest absolute Gasteiger partial charge is 0.478 e. The zero-order valence-electron chi connectivity index (χ0n) is 59.6. The van der Waals surface area contributed by atoms with Crippen LogP contribution < -0.4 is 0 Å². The highest BCUT2D eigenvalue weighted by atomic mass is 16.4. The van der Waals surface area contributed by atoms with E-state index in [-0.39, 0.29) is 5.92 Å². The first-order chi connectivity index (χ1) is 42.1. The van der Waals surface area contributed by atoms with Gasteiger partial charge in [-0.05, 0) is 18.8 Å². The summed E-state index contributed by atoms with van der Waals surface area (Å²) in [6, 6.07) is 0. The van der Waals surface area contributed by atoms with Gasteiger partial charge in [0, 0.05) is 5.57 Å². The number of hydrogen-bond acceptors (Lipinski definition) is 1. The third-order valence-corrected chi connectivity index (χ3v) is 20.5. The van der Waals surface area contributed by atoms with Crippen LogP contribution in [0, 0.1) is 5.92 Å². The smallest absolute Gasteiger partial charge is 0.331 e. The fourth-order valence-electron chi connectivity index (χ4n) is 14.2. The second-order valence-corrected chi connectivity index (χ2v) is 28.9. The second-order valence-electron chi connectivity index (χ2n) is 28.9. The van der Waals surface area contributed by atoms with Crippen molar-refractivity contribution < 1.29 is 9.90 Å². The third kappa shape index (κ3) is 73.8. The molecule has 0 aromatic heterocycles. The second kappa shape index (κ2) is 77.5. The maximum absolute atomic E-state index is 10.4. The zero-order chi connectivity index (χ0) is 61.2. The Labute approximate surface area is 539 Å². The van der Waals surface area contributed by atoms with Crippen molar-refractivity contribution in [2.24, 2.45) is 5.92 Å². The molecule has 508 valence electrons. The Balaban J connectivity index is 0.00000100. The number of carbonyl (C=O) groups is 1. The summed E-state index contributed by atoms with van der Waals surface area (Å²) in [4.78, 5) is 10.4. The Morgan fingerprint density at radius 2 is 0.259 bits per heavy atom. The average Bonchev–Trinajstić information content (AvgIpc) is 3.57. The minimum Gasteiger partial charge on any atom is -0.478 e. The van der Waals surface area contributed by atoms with Crippen molar-refractivity contribution in [3.8, 4) is 0 Å². The lowest BCUT2D eigenvalue weighted by Crippen LogP contribution is -2.09. The highest BCUT2D eigenvalue weighted by Crippen LogP contribution is 2.23. The summed E-state index contributed by atoms with van der Waals surface area (Å²) in [5, 5.41) is 8.52. The van der Waals surface area contributed by atoms with Gasteiger partial charge in [0.2, 0.25) is 0 Å². The first-order valence-corrected chi connectivity index (χ1v) is 41.1. The monoisotopic (exact) mass is 1190 g/mol. The van der Waals surface area contributed by atoms with Crippen molar-refractivity contribution in [1.29, 1.82) is 0 Å². The Morgan fingerprint density at radius 1 is 0.200 bits per heavy atom. The van der Waals surface area contributed by atoms with Crippen molar-refractivity contribution in [2.75, 3.05) is 0 Å². The molecule has 0 radical (unpaired) electrons. The van der Waals surface area contributed by atoms with Gasteiger partial charge in [0.1, 0.15) is 0 Å². The van der Waals surface area contributed by atoms with Crippen LogP contribution in [0.2, 0.25) is 0 Å². The Hall–Kier alpha value is -0.790. The summed E-state index contributed by atoms with van der Waals surface area (Å²) in [6.45, 7) is 7.45. The predicted octanol–water partition coefficient (Wildman–Crippen LogP) is 31.3. The molecule has 0 spiro atoms. The van der Waals surface area contributed by atoms with E-state index in [4.69, 9.17) is 5.11 Å². The molecule has 0 heterocycles. The fourth-order valence-corrected chi connectivity index (χ4v) is 14.2. The molecule has 0 amide bonds. The number of hydrogen-bond donors (Lipinski definition) is 1. The molecule has 0 aromatic carbocycles. The highest BCUT2D eigenvalue weighted by molar-refractivity contribution is 5.86. The quantitative estimate of drug-likeness (QED) is 0.285. The van der Waals surface area contributed by atoms with E-state index in [9.17, 15) is 4.79 Å². The van der Waals surface area contributed by atoms with Gasteiger partial charge in [-0.3, -0.25) is 0 Å². The summed E-state index contributed by atoms with van der Waals surface area (Å²) in [5.41, 5.74) is 0.338. The van der Waals surface area contributed by atoms with E-state index in [1.807, 2.05) is 13.8 Å². The van der Waals surface area contributed by atoms with Gasteiger partial charge in [0.15, 0.2) is 0 Å². The molecule has 1 N–H and O–H groups in total. The van der Waals surface area contributed by atoms with Gasteiger partial charge in [-0.25, -0.2) is 4.79 Å². The predicted molar refractivity (Wildman–Crippen MR) is 387 cm³/mol. The maximum Gasteiger partial charge on any atom is 0.331 e. The zero-order valence-corrected chi connectivity index (χ0v) is 59.6. The third-order valence-electron chi connectivity index (χ3n) is 20.5. The van der Waals surface area contributed by atoms with Crippen molar-refractivity contribution >= 4 is 5.97 Å². The summed E-state index contributed by atoms with van der Waals surface area (Å²) in [5.74, 6) is -0.716. The molecule has 2 nitrogen and oxygen atoms in total. The van der Waals surface area contributed by atoms with E-state index < -0.39 is 5.97 Å². The minimum atomic E-state index is -0.867. The highest BCUT2D eigenvalue weighted by Gasteiger charge is 2.13. The van der Waals surface area contributed by atoms with Crippen molar-refractivity contribution in [3.63, 3.8) is 0 Å². The van der Waals surface area contributed by atoms with E-state index in [0.717, 1.165) is 12.8 Å². The summed E-state index contributed by atoms with van der Waals surface area (Å²) >= 11 is 0. The molecule has 85 heavy (non-hydrogen) atoms. The molecule has 0 aromatic rings. The van der Waals surface area contributed by atoms with Gasteiger partial charge < -0.3 is 5.11 Å². The van der Waals surface area contributed by atoms with Gasteiger partial charge in [-0.2, -0.15) is 0 Å². The molecule has 2 heteroatoms. The van der Waals surface area contributed by atoms with E-state index >= 15 is 0 Å². The van der Waals surface area contributed by atoms with Gasteiger partial charge in [0.25, 0.3) is 0 Å². The van der Waals surface area contributed by atoms with Crippen LogP contribution in [-0.4, -0.2) is 11.1 Å². The summed E-state index contributed by atoms with van der Waals surface area (Å²) in [7, 11) is 0. The van der Waals surface area contributed by atoms with Crippen LogP contribution in [0.3, 0.4) is 0 Å². The van der Waals surface area contributed by atoms with Crippen molar-refractivity contribution in [1.82, 2.24) is 0 Å². The van der Waals surface area contributed by atoms with Gasteiger partial charge >= 0.3 is 5.97 Å². The van der Waals surface area contributed by atoms with Crippen LogP contribution >= 0.6 is 0 Å². The molecule has 5 fully saturated rings. The molecule has 0 saturated heterocycles. The van der Waals surface area contributed by atoms with Crippen LogP contribution in [-0.2, 0) is 4.79 Å². The fraction of sp³-hybridized carbons (Fsp3) is 0.964. The Bertz CT molecular complexity index is 735. The molecule has 0 aliphatic heterocycles. The Kier molecular flexibility index (Phi) is 76.7. The molecule has 5 aliphatic rings. The van der Waals surface area contributed by atoms with Gasteiger partial charge in [-0.15, -0.1) is 0 Å². The van der Waals surface area contributed by atoms with Crippen LogP contribution in [0.15, 0.2) is 12.2 Å². The van der Waals surface area contributed by atoms with E-state index in [1.165, 1.54) is 482 Å². The maximum atomic E-state index is 10.4. The normalized spacial score (nSPS) is 22.3. The topological polar surface area (TPSA) is 37.3 Å². The molecule has 5 saturated carbocycles. The molecule has 5 rings (SSSR count). The summed E-state index contributed by atoms with van der Waals surface area (Å²) in [6.07, 6.45) is 114. The first kappa shape index (κ1) is 84.2. The summed E-state index contributed by atoms with van der Waals surface area (Å²) < 4.78 is 0.